The number of benzene rings is 3. The highest BCUT2D eigenvalue weighted by Crippen LogP contribution is 2.33. The highest BCUT2D eigenvalue weighted by Gasteiger charge is 2.13. The van der Waals surface area contributed by atoms with E-state index in [4.69, 9.17) is 4.74 Å². The molecule has 174 valence electrons. The van der Waals surface area contributed by atoms with Crippen molar-refractivity contribution < 1.29 is 24.0 Å². The van der Waals surface area contributed by atoms with Crippen molar-refractivity contribution in [1.29, 1.82) is 0 Å². The lowest BCUT2D eigenvalue weighted by Crippen LogP contribution is -2.27. The third-order valence-corrected chi connectivity index (χ3v) is 5.54. The van der Waals surface area contributed by atoms with Crippen molar-refractivity contribution >= 4 is 40.9 Å². The van der Waals surface area contributed by atoms with Crippen LogP contribution in [0.5, 0.6) is 0 Å². The van der Waals surface area contributed by atoms with Gasteiger partial charge in [0.2, 0.25) is 0 Å². The maximum absolute atomic E-state index is 12.2. The molecule has 0 aliphatic heterocycles. The zero-order valence-electron chi connectivity index (χ0n) is 17.9. The number of amides is 2. The van der Waals surface area contributed by atoms with Crippen molar-refractivity contribution in [2.75, 3.05) is 18.5 Å². The SMILES string of the molecule is O=C(COC(=O)CCNC(=O)c1ccc([N+](=O)[O-])cc1)Nc1ccccc1Sc1ccccc1. The highest BCUT2D eigenvalue weighted by molar-refractivity contribution is 7.99. The van der Waals surface area contributed by atoms with Crippen molar-refractivity contribution in [1.82, 2.24) is 5.32 Å². The number of carbonyl (C=O) groups is 3. The van der Waals surface area contributed by atoms with Gasteiger partial charge in [-0.2, -0.15) is 0 Å². The average molecular weight is 480 g/mol. The Morgan fingerprint density at radius 3 is 2.29 bits per heavy atom. The zero-order chi connectivity index (χ0) is 24.3. The minimum absolute atomic E-state index is 0.00712. The van der Waals surface area contributed by atoms with Crippen molar-refractivity contribution in [3.05, 3.63) is 94.5 Å². The summed E-state index contributed by atoms with van der Waals surface area (Å²) < 4.78 is 4.98. The van der Waals surface area contributed by atoms with Gasteiger partial charge in [0.25, 0.3) is 17.5 Å². The molecule has 3 aromatic rings. The van der Waals surface area contributed by atoms with Crippen molar-refractivity contribution in [2.24, 2.45) is 0 Å². The number of para-hydroxylation sites is 1. The number of nitro groups is 1. The van der Waals surface area contributed by atoms with Gasteiger partial charge in [-0.15, -0.1) is 0 Å². The van der Waals surface area contributed by atoms with E-state index in [1.54, 1.807) is 12.1 Å². The summed E-state index contributed by atoms with van der Waals surface area (Å²) in [6.07, 6.45) is -0.132. The number of nitro benzene ring substituents is 1. The van der Waals surface area contributed by atoms with Crippen LogP contribution in [0, 0.1) is 10.1 Å². The monoisotopic (exact) mass is 479 g/mol. The normalized spacial score (nSPS) is 10.2. The first-order chi connectivity index (χ1) is 16.4. The predicted octanol–water partition coefficient (Wildman–Crippen LogP) is 4.05. The fourth-order valence-corrected chi connectivity index (χ4v) is 3.72. The molecule has 3 rings (SSSR count). The van der Waals surface area contributed by atoms with Gasteiger partial charge in [0.05, 0.1) is 17.0 Å². The van der Waals surface area contributed by atoms with E-state index < -0.39 is 29.3 Å². The highest BCUT2D eigenvalue weighted by atomic mass is 32.2. The molecule has 0 radical (unpaired) electrons. The molecule has 0 atom stereocenters. The minimum Gasteiger partial charge on any atom is -0.456 e. The number of rotatable bonds is 10. The molecule has 10 heteroatoms. The number of esters is 1. The second-order valence-electron chi connectivity index (χ2n) is 6.93. The Morgan fingerprint density at radius 2 is 1.59 bits per heavy atom. The van der Waals surface area contributed by atoms with E-state index in [0.29, 0.717) is 5.69 Å². The Bertz CT molecular complexity index is 1170. The molecule has 0 bridgehead atoms. The summed E-state index contributed by atoms with van der Waals surface area (Å²) in [6.45, 7) is -0.466. The molecule has 0 saturated heterocycles. The van der Waals surface area contributed by atoms with Gasteiger partial charge in [0.15, 0.2) is 6.61 Å². The number of non-ortho nitro benzene ring substituents is 1. The summed E-state index contributed by atoms with van der Waals surface area (Å²) >= 11 is 1.50. The van der Waals surface area contributed by atoms with E-state index in [2.05, 4.69) is 10.6 Å². The van der Waals surface area contributed by atoms with Crippen molar-refractivity contribution in [2.45, 2.75) is 16.2 Å². The number of hydrogen-bond acceptors (Lipinski definition) is 7. The quantitative estimate of drug-likeness (QED) is 0.255. The van der Waals surface area contributed by atoms with Crippen LogP contribution in [0.15, 0.2) is 88.7 Å². The van der Waals surface area contributed by atoms with Crippen molar-refractivity contribution in [3.63, 3.8) is 0 Å². The van der Waals surface area contributed by atoms with E-state index in [1.165, 1.54) is 36.0 Å². The summed E-state index contributed by atoms with van der Waals surface area (Å²) in [5, 5.41) is 15.9. The third-order valence-electron chi connectivity index (χ3n) is 4.45. The minimum atomic E-state index is -0.647. The molecule has 0 spiro atoms. The Hall–Kier alpha value is -4.18. The summed E-state index contributed by atoms with van der Waals surface area (Å²) in [7, 11) is 0. The third kappa shape index (κ3) is 7.45. The molecule has 9 nitrogen and oxygen atoms in total. The molecule has 2 N–H and O–H groups in total. The van der Waals surface area contributed by atoms with E-state index in [9.17, 15) is 24.5 Å². The number of anilines is 1. The van der Waals surface area contributed by atoms with E-state index in [1.807, 2.05) is 42.5 Å². The number of carbonyl (C=O) groups excluding carboxylic acids is 3. The topological polar surface area (TPSA) is 128 Å². The van der Waals surface area contributed by atoms with Gasteiger partial charge in [-0.1, -0.05) is 42.1 Å². The van der Waals surface area contributed by atoms with Gasteiger partial charge in [0, 0.05) is 34.0 Å². The van der Waals surface area contributed by atoms with Crippen LogP contribution < -0.4 is 10.6 Å². The fraction of sp³-hybridized carbons (Fsp3) is 0.125. The van der Waals surface area contributed by atoms with Crippen LogP contribution in [0.25, 0.3) is 0 Å². The Kier molecular flexibility index (Phi) is 8.75. The average Bonchev–Trinajstić information content (AvgIpc) is 2.84. The van der Waals surface area contributed by atoms with Crippen LogP contribution >= 0.6 is 11.8 Å². The molecule has 0 aliphatic carbocycles. The molecule has 0 aliphatic rings. The predicted molar refractivity (Wildman–Crippen MR) is 127 cm³/mol. The number of hydrogen-bond donors (Lipinski definition) is 2. The molecule has 0 aromatic heterocycles. The maximum atomic E-state index is 12.2. The summed E-state index contributed by atoms with van der Waals surface area (Å²) in [4.78, 5) is 48.2. The van der Waals surface area contributed by atoms with E-state index in [0.717, 1.165) is 9.79 Å². The lowest BCUT2D eigenvalue weighted by atomic mass is 10.2. The summed E-state index contributed by atoms with van der Waals surface area (Å²) in [6, 6.07) is 22.1. The first-order valence-corrected chi connectivity index (χ1v) is 11.0. The van der Waals surface area contributed by atoms with Crippen LogP contribution in [0.2, 0.25) is 0 Å². The molecular formula is C24H21N3O6S. The molecule has 0 heterocycles. The van der Waals surface area contributed by atoms with Crippen LogP contribution in [0.4, 0.5) is 11.4 Å². The summed E-state index contributed by atoms with van der Waals surface area (Å²) in [5.41, 5.74) is 0.706. The molecule has 34 heavy (non-hydrogen) atoms. The molecule has 3 aromatic carbocycles. The molecule has 0 saturated carbocycles. The smallest absolute Gasteiger partial charge is 0.308 e. The second-order valence-corrected chi connectivity index (χ2v) is 8.05. The Morgan fingerprint density at radius 1 is 0.912 bits per heavy atom. The lowest BCUT2D eigenvalue weighted by Gasteiger charge is -2.11. The lowest BCUT2D eigenvalue weighted by molar-refractivity contribution is -0.384. The van der Waals surface area contributed by atoms with Crippen LogP contribution in [-0.4, -0.2) is 35.9 Å². The van der Waals surface area contributed by atoms with Crippen LogP contribution in [0.1, 0.15) is 16.8 Å². The molecule has 2 amide bonds. The fourth-order valence-electron chi connectivity index (χ4n) is 2.79. The summed E-state index contributed by atoms with van der Waals surface area (Å²) in [5.74, 6) is -1.61. The zero-order valence-corrected chi connectivity index (χ0v) is 18.7. The van der Waals surface area contributed by atoms with Crippen molar-refractivity contribution in [3.8, 4) is 0 Å². The van der Waals surface area contributed by atoms with Gasteiger partial charge in [-0.3, -0.25) is 24.5 Å². The van der Waals surface area contributed by atoms with Gasteiger partial charge >= 0.3 is 5.97 Å². The molecule has 0 unspecified atom stereocenters. The molecule has 0 fully saturated rings. The number of nitrogens with zero attached hydrogens (tertiary/aromatic N) is 1. The van der Waals surface area contributed by atoms with E-state index >= 15 is 0 Å². The standard InChI is InChI=1S/C24H21N3O6S/c28-22(26-20-8-4-5-9-21(20)34-19-6-2-1-3-7-19)16-33-23(29)14-15-25-24(30)17-10-12-18(13-11-17)27(31)32/h1-13H,14-16H2,(H,25,30)(H,26,28). The largest absolute Gasteiger partial charge is 0.456 e. The van der Waals surface area contributed by atoms with E-state index in [-0.39, 0.29) is 24.2 Å². The second kappa shape index (κ2) is 12.2. The van der Waals surface area contributed by atoms with Gasteiger partial charge in [-0.25, -0.2) is 0 Å². The maximum Gasteiger partial charge on any atom is 0.308 e. The Labute approximate surface area is 199 Å². The first-order valence-electron chi connectivity index (χ1n) is 10.2. The van der Waals surface area contributed by atoms with Crippen LogP contribution in [-0.2, 0) is 14.3 Å². The van der Waals surface area contributed by atoms with Crippen LogP contribution in [0.3, 0.4) is 0 Å². The van der Waals surface area contributed by atoms with Gasteiger partial charge in [-0.05, 0) is 36.4 Å². The van der Waals surface area contributed by atoms with Gasteiger partial charge < -0.3 is 15.4 Å². The van der Waals surface area contributed by atoms with Gasteiger partial charge in [0.1, 0.15) is 0 Å². The molecular weight excluding hydrogens is 458 g/mol. The Balaban J connectivity index is 1.41. The number of nitrogens with one attached hydrogen (secondary N) is 2. The first kappa shape index (κ1) is 24.5. The number of ether oxygens (including phenoxy) is 1.